The molecule has 1 aromatic rings. The number of hydrogen-bond acceptors (Lipinski definition) is 4. The summed E-state index contributed by atoms with van der Waals surface area (Å²) in [6.45, 7) is 1.46. The molecule has 0 bridgehead atoms. The van der Waals surface area contributed by atoms with Crippen molar-refractivity contribution in [3.8, 4) is 0 Å². The van der Waals surface area contributed by atoms with Gasteiger partial charge in [-0.15, -0.1) is 0 Å². The number of aromatic nitrogens is 1. The van der Waals surface area contributed by atoms with E-state index in [9.17, 15) is 9.59 Å². The fourth-order valence-corrected chi connectivity index (χ4v) is 0.736. The van der Waals surface area contributed by atoms with Crippen molar-refractivity contribution in [1.82, 2.24) is 10.5 Å². The van der Waals surface area contributed by atoms with Crippen LogP contribution >= 0.6 is 0 Å². The van der Waals surface area contributed by atoms with Crippen molar-refractivity contribution in [2.24, 2.45) is 0 Å². The van der Waals surface area contributed by atoms with Gasteiger partial charge in [-0.3, -0.25) is 9.59 Å². The summed E-state index contributed by atoms with van der Waals surface area (Å²) in [4.78, 5) is 21.7. The summed E-state index contributed by atoms with van der Waals surface area (Å²) in [5.41, 5.74) is -0.471. The molecule has 0 saturated carbocycles. The van der Waals surface area contributed by atoms with Crippen molar-refractivity contribution < 1.29 is 14.4 Å². The molecule has 0 aliphatic rings. The Bertz CT molecular complexity index is 340. The normalized spacial score (nSPS) is 12.5. The number of hydrogen-bond donors (Lipinski definition) is 3. The van der Waals surface area contributed by atoms with E-state index in [0.29, 0.717) is 0 Å². The lowest BCUT2D eigenvalue weighted by atomic mass is 10.3. The highest BCUT2D eigenvalue weighted by Gasteiger charge is 2.12. The highest BCUT2D eigenvalue weighted by atomic mass is 16.5. The van der Waals surface area contributed by atoms with Gasteiger partial charge >= 0.3 is 0 Å². The van der Waals surface area contributed by atoms with Crippen LogP contribution in [0.5, 0.6) is 0 Å². The van der Waals surface area contributed by atoms with E-state index in [4.69, 9.17) is 5.11 Å². The largest absolute Gasteiger partial charge is 0.394 e. The smallest absolute Gasteiger partial charge is 0.290 e. The molecule has 0 radical (unpaired) electrons. The molecule has 0 spiro atoms. The monoisotopic (exact) mass is 186 g/mol. The second-order valence-corrected chi connectivity index (χ2v) is 2.63. The molecule has 6 heteroatoms. The summed E-state index contributed by atoms with van der Waals surface area (Å²) in [5.74, 6) is -0.620. The lowest BCUT2D eigenvalue weighted by molar-refractivity contribution is 0.0885. The van der Waals surface area contributed by atoms with Crippen molar-refractivity contribution in [3.63, 3.8) is 0 Å². The van der Waals surface area contributed by atoms with Gasteiger partial charge in [0.25, 0.3) is 11.5 Å². The van der Waals surface area contributed by atoms with Gasteiger partial charge < -0.3 is 14.9 Å². The van der Waals surface area contributed by atoms with Gasteiger partial charge in [-0.05, 0) is 6.92 Å². The van der Waals surface area contributed by atoms with Gasteiger partial charge in [0.2, 0.25) is 5.76 Å². The Labute approximate surface area is 73.5 Å². The van der Waals surface area contributed by atoms with Crippen molar-refractivity contribution in [3.05, 3.63) is 22.2 Å². The lowest BCUT2D eigenvalue weighted by Crippen LogP contribution is -2.34. The number of amides is 1. The van der Waals surface area contributed by atoms with Crippen molar-refractivity contribution in [2.75, 3.05) is 6.61 Å². The van der Waals surface area contributed by atoms with E-state index < -0.39 is 11.5 Å². The standard InChI is InChI=1S/C7H10N2O4/c1-4(3-10)8-7(12)5-2-6(11)9-13-5/h2,4,10H,3H2,1H3,(H,8,12)(H,9,11)/t4-/m0/s1. The molecule has 0 aromatic carbocycles. The van der Waals surface area contributed by atoms with E-state index >= 15 is 0 Å². The zero-order chi connectivity index (χ0) is 9.84. The quantitative estimate of drug-likeness (QED) is 0.568. The van der Waals surface area contributed by atoms with Crippen molar-refractivity contribution in [2.45, 2.75) is 13.0 Å². The molecule has 72 valence electrons. The fraction of sp³-hybridized carbons (Fsp3) is 0.429. The summed E-state index contributed by atoms with van der Waals surface area (Å²) in [5, 5.41) is 13.0. The summed E-state index contributed by atoms with van der Waals surface area (Å²) in [7, 11) is 0. The first-order valence-corrected chi connectivity index (χ1v) is 3.73. The van der Waals surface area contributed by atoms with E-state index in [2.05, 4.69) is 9.84 Å². The molecule has 1 atom stereocenters. The zero-order valence-corrected chi connectivity index (χ0v) is 7.03. The van der Waals surface area contributed by atoms with Crippen molar-refractivity contribution in [1.29, 1.82) is 0 Å². The predicted octanol–water partition coefficient (Wildman–Crippen LogP) is -0.921. The Morgan fingerprint density at radius 1 is 1.85 bits per heavy atom. The second-order valence-electron chi connectivity index (χ2n) is 2.63. The van der Waals surface area contributed by atoms with Crippen LogP contribution in [-0.2, 0) is 0 Å². The van der Waals surface area contributed by atoms with E-state index in [0.717, 1.165) is 6.07 Å². The molecule has 3 N–H and O–H groups in total. The molecular weight excluding hydrogens is 176 g/mol. The van der Waals surface area contributed by atoms with Gasteiger partial charge in [0.15, 0.2) is 0 Å². The maximum atomic E-state index is 11.2. The molecule has 1 heterocycles. The minimum atomic E-state index is -0.528. The van der Waals surface area contributed by atoms with Crippen LogP contribution in [0.2, 0.25) is 0 Å². The first-order valence-electron chi connectivity index (χ1n) is 3.73. The molecule has 6 nitrogen and oxygen atoms in total. The molecule has 1 rings (SSSR count). The third-order valence-electron chi connectivity index (χ3n) is 1.40. The summed E-state index contributed by atoms with van der Waals surface area (Å²) >= 11 is 0. The average Bonchev–Trinajstić information content (AvgIpc) is 2.51. The molecule has 1 aromatic heterocycles. The Balaban J connectivity index is 2.64. The van der Waals surface area contributed by atoms with Crippen LogP contribution in [0.4, 0.5) is 0 Å². The maximum absolute atomic E-state index is 11.2. The van der Waals surface area contributed by atoms with Crippen molar-refractivity contribution >= 4 is 5.91 Å². The molecule has 0 saturated heterocycles. The fourth-order valence-electron chi connectivity index (χ4n) is 0.736. The first-order chi connectivity index (χ1) is 6.13. The number of aromatic amines is 1. The molecule has 0 unspecified atom stereocenters. The number of carbonyl (C=O) groups excluding carboxylic acids is 1. The van der Waals surface area contributed by atoms with E-state index in [1.165, 1.54) is 0 Å². The summed E-state index contributed by atoms with van der Waals surface area (Å²) < 4.78 is 4.54. The third kappa shape index (κ3) is 2.45. The van der Waals surface area contributed by atoms with Crippen LogP contribution in [0, 0.1) is 0 Å². The van der Waals surface area contributed by atoms with Gasteiger partial charge in [0.05, 0.1) is 12.7 Å². The van der Waals surface area contributed by atoms with Crippen LogP contribution in [-0.4, -0.2) is 28.8 Å². The molecular formula is C7H10N2O4. The third-order valence-corrected chi connectivity index (χ3v) is 1.40. The highest BCUT2D eigenvalue weighted by Crippen LogP contribution is 1.93. The minimum Gasteiger partial charge on any atom is -0.394 e. The van der Waals surface area contributed by atoms with Crippen LogP contribution < -0.4 is 10.9 Å². The summed E-state index contributed by atoms with van der Waals surface area (Å²) in [6.07, 6.45) is 0. The molecule has 0 aliphatic heterocycles. The number of H-pyrrole nitrogens is 1. The van der Waals surface area contributed by atoms with Crippen LogP contribution in [0.1, 0.15) is 17.5 Å². The minimum absolute atomic E-state index is 0.0923. The molecule has 0 aliphatic carbocycles. The van der Waals surface area contributed by atoms with Crippen LogP contribution in [0.3, 0.4) is 0 Å². The van der Waals surface area contributed by atoms with Crippen LogP contribution in [0.25, 0.3) is 0 Å². The lowest BCUT2D eigenvalue weighted by Gasteiger charge is -2.07. The Morgan fingerprint density at radius 2 is 2.54 bits per heavy atom. The SMILES string of the molecule is C[C@@H](CO)NC(=O)c1cc(=O)[nH]o1. The maximum Gasteiger partial charge on any atom is 0.290 e. The Kier molecular flexibility index (Phi) is 2.86. The Morgan fingerprint density at radius 3 is 3.00 bits per heavy atom. The molecule has 13 heavy (non-hydrogen) atoms. The summed E-state index contributed by atoms with van der Waals surface area (Å²) in [6, 6.07) is 0.673. The van der Waals surface area contributed by atoms with Gasteiger partial charge in [-0.1, -0.05) is 0 Å². The van der Waals surface area contributed by atoms with Gasteiger partial charge in [-0.2, -0.15) is 5.16 Å². The number of aliphatic hydroxyl groups excluding tert-OH is 1. The van der Waals surface area contributed by atoms with Gasteiger partial charge in [-0.25, -0.2) is 0 Å². The zero-order valence-electron chi connectivity index (χ0n) is 7.03. The second kappa shape index (κ2) is 3.90. The van der Waals surface area contributed by atoms with E-state index in [1.807, 2.05) is 5.16 Å². The van der Waals surface area contributed by atoms with E-state index in [1.54, 1.807) is 6.92 Å². The molecule has 0 fully saturated rings. The van der Waals surface area contributed by atoms with E-state index in [-0.39, 0.29) is 18.4 Å². The van der Waals surface area contributed by atoms with Gasteiger partial charge in [0, 0.05) is 6.04 Å². The number of rotatable bonds is 3. The topological polar surface area (TPSA) is 95.3 Å². The average molecular weight is 186 g/mol. The van der Waals surface area contributed by atoms with Crippen LogP contribution in [0.15, 0.2) is 15.4 Å². The number of aliphatic hydroxyl groups is 1. The molecule has 1 amide bonds. The Hall–Kier alpha value is -1.56. The predicted molar refractivity (Wildman–Crippen MR) is 43.3 cm³/mol. The number of carbonyl (C=O) groups is 1. The van der Waals surface area contributed by atoms with Gasteiger partial charge in [0.1, 0.15) is 0 Å². The highest BCUT2D eigenvalue weighted by molar-refractivity contribution is 5.91. The number of nitrogens with one attached hydrogen (secondary N) is 2. The first kappa shape index (κ1) is 9.53.